The number of amides is 1. The molecule has 1 aromatic rings. The number of oxime groups is 1. The molecule has 0 aromatic carbocycles. The van der Waals surface area contributed by atoms with Crippen molar-refractivity contribution in [2.75, 3.05) is 13.1 Å². The molecule has 4 nitrogen and oxygen atoms in total. The summed E-state index contributed by atoms with van der Waals surface area (Å²) in [5.41, 5.74) is 0.0507. The molecular weight excluding hydrogens is 284 g/mol. The molecule has 1 saturated heterocycles. The van der Waals surface area contributed by atoms with Crippen LogP contribution in [0.25, 0.3) is 0 Å². The summed E-state index contributed by atoms with van der Waals surface area (Å²) in [4.78, 5) is 21.5. The van der Waals surface area contributed by atoms with E-state index in [0.29, 0.717) is 18.3 Å². The maximum atomic E-state index is 12.9. The summed E-state index contributed by atoms with van der Waals surface area (Å²) < 4.78 is 0. The summed E-state index contributed by atoms with van der Waals surface area (Å²) >= 11 is 1.63. The van der Waals surface area contributed by atoms with Gasteiger partial charge in [-0.3, -0.25) is 4.79 Å². The van der Waals surface area contributed by atoms with Crippen molar-refractivity contribution in [2.24, 2.45) is 17.0 Å². The number of hydrogen-bond acceptors (Lipinski definition) is 4. The highest BCUT2D eigenvalue weighted by molar-refractivity contribution is 7.12. The van der Waals surface area contributed by atoms with E-state index < -0.39 is 5.60 Å². The lowest BCUT2D eigenvalue weighted by Gasteiger charge is -2.38. The maximum absolute atomic E-state index is 12.9. The maximum Gasteiger partial charge on any atom is 0.269 e. The minimum absolute atomic E-state index is 0.0798. The molecule has 0 spiro atoms. The Morgan fingerprint density at radius 1 is 1.43 bits per heavy atom. The number of nitrogens with zero attached hydrogens (tertiary/aromatic N) is 2. The summed E-state index contributed by atoms with van der Waals surface area (Å²) in [5.74, 6) is 1.19. The van der Waals surface area contributed by atoms with Gasteiger partial charge >= 0.3 is 0 Å². The number of thiophene rings is 1. The Balaban J connectivity index is 1.71. The number of carbonyl (C=O) groups is 1. The first kappa shape index (κ1) is 14.6. The largest absolute Gasteiger partial charge is 0.379 e. The SMILES string of the molecule is CC1CC(C)CN(C(=O)C2(C)CC(c3cccs3)=NO2)C1. The molecule has 0 radical (unpaired) electrons. The third-order valence-corrected chi connectivity index (χ3v) is 5.20. The van der Waals surface area contributed by atoms with Gasteiger partial charge in [0.15, 0.2) is 0 Å². The minimum Gasteiger partial charge on any atom is -0.379 e. The molecule has 3 unspecified atom stereocenters. The predicted molar refractivity (Wildman–Crippen MR) is 84.5 cm³/mol. The molecule has 2 aliphatic heterocycles. The summed E-state index contributed by atoms with van der Waals surface area (Å²) in [6.07, 6.45) is 1.75. The standard InChI is InChI=1S/C16H22N2O2S/c1-11-7-12(2)10-18(9-11)15(19)16(3)8-13(17-20-16)14-5-4-6-21-14/h4-6,11-12H,7-10H2,1-3H3. The van der Waals surface area contributed by atoms with Gasteiger partial charge in [0, 0.05) is 19.5 Å². The van der Waals surface area contributed by atoms with Crippen LogP contribution in [0.4, 0.5) is 0 Å². The van der Waals surface area contributed by atoms with Gasteiger partial charge in [0.1, 0.15) is 5.71 Å². The van der Waals surface area contributed by atoms with Gasteiger partial charge in [0.05, 0.1) is 4.88 Å². The highest BCUT2D eigenvalue weighted by atomic mass is 32.1. The van der Waals surface area contributed by atoms with Crippen LogP contribution in [-0.2, 0) is 9.63 Å². The van der Waals surface area contributed by atoms with Gasteiger partial charge in [-0.2, -0.15) is 0 Å². The van der Waals surface area contributed by atoms with Crippen LogP contribution in [-0.4, -0.2) is 35.2 Å². The molecule has 5 heteroatoms. The van der Waals surface area contributed by atoms with Gasteiger partial charge in [0.25, 0.3) is 5.91 Å². The van der Waals surface area contributed by atoms with Crippen LogP contribution in [0, 0.1) is 11.8 Å². The van der Waals surface area contributed by atoms with Crippen molar-refractivity contribution < 1.29 is 9.63 Å². The number of hydrogen-bond donors (Lipinski definition) is 0. The summed E-state index contributed by atoms with van der Waals surface area (Å²) in [6.45, 7) is 7.94. The smallest absolute Gasteiger partial charge is 0.269 e. The second-order valence-electron chi connectivity index (χ2n) is 6.67. The van der Waals surface area contributed by atoms with Crippen molar-refractivity contribution in [2.45, 2.75) is 39.2 Å². The lowest BCUT2D eigenvalue weighted by Crippen LogP contribution is -2.52. The normalized spacial score (nSPS) is 32.7. The van der Waals surface area contributed by atoms with Crippen LogP contribution in [0.1, 0.15) is 38.5 Å². The van der Waals surface area contributed by atoms with E-state index in [4.69, 9.17) is 4.84 Å². The van der Waals surface area contributed by atoms with Crippen LogP contribution in [0.15, 0.2) is 22.7 Å². The first-order valence-electron chi connectivity index (χ1n) is 7.56. The van der Waals surface area contributed by atoms with Crippen molar-refractivity contribution >= 4 is 23.0 Å². The molecule has 1 amide bonds. The first-order chi connectivity index (χ1) is 9.98. The van der Waals surface area contributed by atoms with E-state index in [1.165, 1.54) is 6.42 Å². The summed E-state index contributed by atoms with van der Waals surface area (Å²) in [5, 5.41) is 6.18. The van der Waals surface area contributed by atoms with E-state index >= 15 is 0 Å². The number of rotatable bonds is 2. The van der Waals surface area contributed by atoms with E-state index in [1.807, 2.05) is 29.3 Å². The Hall–Kier alpha value is -1.36. The second-order valence-corrected chi connectivity index (χ2v) is 7.62. The van der Waals surface area contributed by atoms with Gasteiger partial charge in [0.2, 0.25) is 5.60 Å². The Bertz CT molecular complexity index is 545. The van der Waals surface area contributed by atoms with E-state index in [9.17, 15) is 4.79 Å². The Morgan fingerprint density at radius 3 is 2.76 bits per heavy atom. The highest BCUT2D eigenvalue weighted by Crippen LogP contribution is 2.32. The van der Waals surface area contributed by atoms with Crippen LogP contribution < -0.4 is 0 Å². The molecule has 114 valence electrons. The highest BCUT2D eigenvalue weighted by Gasteiger charge is 2.45. The van der Waals surface area contributed by atoms with Gasteiger partial charge in [-0.25, -0.2) is 0 Å². The molecule has 1 aromatic heterocycles. The zero-order valence-corrected chi connectivity index (χ0v) is 13.7. The van der Waals surface area contributed by atoms with E-state index in [2.05, 4.69) is 19.0 Å². The van der Waals surface area contributed by atoms with Crippen molar-refractivity contribution in [3.8, 4) is 0 Å². The molecule has 21 heavy (non-hydrogen) atoms. The zero-order chi connectivity index (χ0) is 15.0. The molecule has 1 fully saturated rings. The van der Waals surface area contributed by atoms with E-state index in [0.717, 1.165) is 23.7 Å². The predicted octanol–water partition coefficient (Wildman–Crippen LogP) is 3.14. The fraction of sp³-hybridized carbons (Fsp3) is 0.625. The Labute approximate surface area is 129 Å². The molecular formula is C16H22N2O2S. The lowest BCUT2D eigenvalue weighted by atomic mass is 9.89. The zero-order valence-electron chi connectivity index (χ0n) is 12.8. The number of piperidine rings is 1. The molecule has 3 heterocycles. The molecule has 0 aliphatic carbocycles. The molecule has 3 rings (SSSR count). The topological polar surface area (TPSA) is 41.9 Å². The first-order valence-corrected chi connectivity index (χ1v) is 8.44. The van der Waals surface area contributed by atoms with Crippen molar-refractivity contribution in [1.82, 2.24) is 4.90 Å². The van der Waals surface area contributed by atoms with Gasteiger partial charge in [-0.15, -0.1) is 11.3 Å². The third-order valence-electron chi connectivity index (χ3n) is 4.28. The van der Waals surface area contributed by atoms with Crippen molar-refractivity contribution in [3.63, 3.8) is 0 Å². The van der Waals surface area contributed by atoms with Gasteiger partial charge in [-0.05, 0) is 36.6 Å². The minimum atomic E-state index is -0.837. The van der Waals surface area contributed by atoms with Gasteiger partial charge in [-0.1, -0.05) is 25.1 Å². The third kappa shape index (κ3) is 2.84. The average Bonchev–Trinajstić information content (AvgIpc) is 3.06. The molecule has 2 aliphatic rings. The molecule has 0 N–H and O–H groups in total. The second kappa shape index (κ2) is 5.44. The van der Waals surface area contributed by atoms with Crippen molar-refractivity contribution in [1.29, 1.82) is 0 Å². The van der Waals surface area contributed by atoms with Gasteiger partial charge < -0.3 is 9.74 Å². The fourth-order valence-electron chi connectivity index (χ4n) is 3.39. The average molecular weight is 306 g/mol. The fourth-order valence-corrected chi connectivity index (χ4v) is 4.10. The molecule has 3 atom stereocenters. The molecule has 0 bridgehead atoms. The lowest BCUT2D eigenvalue weighted by molar-refractivity contribution is -0.156. The summed E-state index contributed by atoms with van der Waals surface area (Å²) in [7, 11) is 0. The Kier molecular flexibility index (Phi) is 3.78. The van der Waals surface area contributed by atoms with Crippen LogP contribution >= 0.6 is 11.3 Å². The number of likely N-dealkylation sites (tertiary alicyclic amines) is 1. The summed E-state index contributed by atoms with van der Waals surface area (Å²) in [6, 6.07) is 4.02. The van der Waals surface area contributed by atoms with E-state index in [-0.39, 0.29) is 5.91 Å². The van der Waals surface area contributed by atoms with E-state index in [1.54, 1.807) is 11.3 Å². The Morgan fingerprint density at radius 2 is 2.14 bits per heavy atom. The molecule has 0 saturated carbocycles. The van der Waals surface area contributed by atoms with Crippen LogP contribution in [0.2, 0.25) is 0 Å². The monoisotopic (exact) mass is 306 g/mol. The van der Waals surface area contributed by atoms with Crippen LogP contribution in [0.5, 0.6) is 0 Å². The number of carbonyl (C=O) groups excluding carboxylic acids is 1. The quantitative estimate of drug-likeness (QED) is 0.842. The van der Waals surface area contributed by atoms with Crippen molar-refractivity contribution in [3.05, 3.63) is 22.4 Å². The van der Waals surface area contributed by atoms with Crippen LogP contribution in [0.3, 0.4) is 0 Å².